The van der Waals surface area contributed by atoms with Crippen LogP contribution in [0.15, 0.2) is 0 Å². The number of nitrogens with two attached hydrogens (primary N) is 1. The molecule has 0 aromatic rings. The summed E-state index contributed by atoms with van der Waals surface area (Å²) >= 11 is 0. The second kappa shape index (κ2) is 8.46. The molecule has 0 heterocycles. The quantitative estimate of drug-likeness (QED) is 0.497. The van der Waals surface area contributed by atoms with E-state index < -0.39 is 23.4 Å². The average Bonchev–Trinajstić information content (AvgIpc) is 2.40. The number of carbonyl (C=O) groups excluding carboxylic acids is 2. The van der Waals surface area contributed by atoms with Crippen LogP contribution in [0.3, 0.4) is 0 Å². The Hall–Kier alpha value is -1.83. The van der Waals surface area contributed by atoms with E-state index in [0.29, 0.717) is 0 Å². The van der Waals surface area contributed by atoms with Crippen molar-refractivity contribution in [1.82, 2.24) is 10.2 Å². The van der Waals surface area contributed by atoms with Crippen molar-refractivity contribution in [3.63, 3.8) is 0 Å². The highest BCUT2D eigenvalue weighted by Crippen LogP contribution is 2.36. The third-order valence-electron chi connectivity index (χ3n) is 4.15. The monoisotopic (exact) mass is 384 g/mol. The minimum atomic E-state index is -0.786. The van der Waals surface area contributed by atoms with Gasteiger partial charge < -0.3 is 15.2 Å². The Kier molecular flexibility index (Phi) is 7.27. The van der Waals surface area contributed by atoms with E-state index in [1.54, 1.807) is 41.5 Å². The lowest BCUT2D eigenvalue weighted by molar-refractivity contribution is 0.0266. The Morgan fingerprint density at radius 2 is 1.74 bits per heavy atom. The number of ether oxygens (including phenoxy) is 2. The summed E-state index contributed by atoms with van der Waals surface area (Å²) in [6.45, 7) is 12.7. The highest BCUT2D eigenvalue weighted by molar-refractivity contribution is 5.99. The Morgan fingerprint density at radius 1 is 1.19 bits per heavy atom. The van der Waals surface area contributed by atoms with Crippen molar-refractivity contribution in [2.24, 2.45) is 11.1 Å². The maximum atomic E-state index is 12.7. The van der Waals surface area contributed by atoms with Gasteiger partial charge in [0, 0.05) is 12.6 Å². The number of rotatable bonds is 2. The van der Waals surface area contributed by atoms with Gasteiger partial charge in [0.2, 0.25) is 5.96 Å². The zero-order valence-corrected chi connectivity index (χ0v) is 17.8. The first-order valence-electron chi connectivity index (χ1n) is 9.45. The lowest BCUT2D eigenvalue weighted by atomic mass is 9.73. The number of carbonyl (C=O) groups is 2. The van der Waals surface area contributed by atoms with Gasteiger partial charge in [-0.25, -0.2) is 14.5 Å². The van der Waals surface area contributed by atoms with Crippen LogP contribution in [0.5, 0.6) is 0 Å². The number of nitrogens with one attached hydrogen (secondary N) is 2. The van der Waals surface area contributed by atoms with E-state index in [-0.39, 0.29) is 24.0 Å². The van der Waals surface area contributed by atoms with Gasteiger partial charge in [-0.1, -0.05) is 13.3 Å². The highest BCUT2D eigenvalue weighted by Gasteiger charge is 2.37. The van der Waals surface area contributed by atoms with Crippen molar-refractivity contribution in [1.29, 1.82) is 5.41 Å². The third-order valence-corrected chi connectivity index (χ3v) is 4.15. The fraction of sp³-hybridized carbons (Fsp3) is 0.842. The smallest absolute Gasteiger partial charge is 0.417 e. The van der Waals surface area contributed by atoms with Gasteiger partial charge >= 0.3 is 12.2 Å². The number of hydrogen-bond donors (Lipinski definition) is 3. The first kappa shape index (κ1) is 23.2. The van der Waals surface area contributed by atoms with Crippen molar-refractivity contribution in [2.45, 2.75) is 91.4 Å². The molecule has 0 bridgehead atoms. The van der Waals surface area contributed by atoms with Gasteiger partial charge in [-0.2, -0.15) is 0 Å². The first-order valence-corrected chi connectivity index (χ1v) is 9.45. The molecule has 8 nitrogen and oxygen atoms in total. The summed E-state index contributed by atoms with van der Waals surface area (Å²) in [5.41, 5.74) is 4.44. The molecule has 4 N–H and O–H groups in total. The molecule has 156 valence electrons. The Labute approximate surface area is 162 Å². The Balaban J connectivity index is 2.94. The standard InChI is InChI=1S/C19H36N4O4/c1-17(2,3)26-15(24)22-14(21)23(16(25)27-18(4,5)6)12-19(7)10-8-9-13(20)11-19/h13H,8-12,20H2,1-7H3,(H2,21,22,24). The van der Waals surface area contributed by atoms with Crippen molar-refractivity contribution < 1.29 is 19.1 Å². The molecule has 0 aromatic heterocycles. The summed E-state index contributed by atoms with van der Waals surface area (Å²) in [7, 11) is 0. The van der Waals surface area contributed by atoms with Crippen LogP contribution in [0.2, 0.25) is 0 Å². The Bertz CT molecular complexity index is 565. The van der Waals surface area contributed by atoms with Gasteiger partial charge in [0.1, 0.15) is 11.2 Å². The predicted molar refractivity (Wildman–Crippen MR) is 105 cm³/mol. The molecule has 2 unspecified atom stereocenters. The van der Waals surface area contributed by atoms with Crippen molar-refractivity contribution >= 4 is 18.1 Å². The van der Waals surface area contributed by atoms with Crippen molar-refractivity contribution in [3.05, 3.63) is 0 Å². The first-order chi connectivity index (χ1) is 12.1. The van der Waals surface area contributed by atoms with Crippen molar-refractivity contribution in [3.8, 4) is 0 Å². The lowest BCUT2D eigenvalue weighted by Crippen LogP contribution is -2.53. The number of nitrogens with zero attached hydrogens (tertiary/aromatic N) is 1. The molecule has 0 saturated heterocycles. The summed E-state index contributed by atoms with van der Waals surface area (Å²) in [6, 6.07) is 0.0669. The van der Waals surface area contributed by atoms with E-state index in [1.807, 2.05) is 6.92 Å². The molecule has 1 aliphatic rings. The molecule has 1 fully saturated rings. The topological polar surface area (TPSA) is 118 Å². The maximum absolute atomic E-state index is 12.7. The van der Waals surface area contributed by atoms with Crippen LogP contribution in [0.25, 0.3) is 0 Å². The minimum absolute atomic E-state index is 0.0669. The lowest BCUT2D eigenvalue weighted by Gasteiger charge is -2.40. The molecule has 0 aromatic carbocycles. The molecule has 1 aliphatic carbocycles. The van der Waals surface area contributed by atoms with Gasteiger partial charge in [0.25, 0.3) is 0 Å². The normalized spacial score (nSPS) is 23.3. The predicted octanol–water partition coefficient (Wildman–Crippen LogP) is 3.59. The van der Waals surface area contributed by atoms with Gasteiger partial charge in [0.15, 0.2) is 0 Å². The van der Waals surface area contributed by atoms with E-state index in [0.717, 1.165) is 30.6 Å². The summed E-state index contributed by atoms with van der Waals surface area (Å²) < 4.78 is 10.6. The molecule has 0 aliphatic heterocycles. The molecule has 2 amide bonds. The maximum Gasteiger partial charge on any atom is 0.417 e. The number of hydrogen-bond acceptors (Lipinski definition) is 6. The molecule has 1 rings (SSSR count). The molecule has 0 radical (unpaired) electrons. The van der Waals surface area contributed by atoms with Crippen LogP contribution >= 0.6 is 0 Å². The summed E-state index contributed by atoms with van der Waals surface area (Å²) in [5.74, 6) is -0.362. The van der Waals surface area contributed by atoms with E-state index in [1.165, 1.54) is 0 Å². The highest BCUT2D eigenvalue weighted by atomic mass is 16.6. The minimum Gasteiger partial charge on any atom is -0.444 e. The largest absolute Gasteiger partial charge is 0.444 e. The SMILES string of the molecule is CC1(CN(C(=N)NC(=O)OC(C)(C)C)C(=O)OC(C)(C)C)CCCC(N)C1. The number of guanidine groups is 1. The molecule has 1 saturated carbocycles. The van der Waals surface area contributed by atoms with Crippen LogP contribution in [-0.2, 0) is 9.47 Å². The van der Waals surface area contributed by atoms with Gasteiger partial charge in [-0.3, -0.25) is 10.7 Å². The fourth-order valence-corrected chi connectivity index (χ4v) is 3.17. The zero-order valence-electron chi connectivity index (χ0n) is 17.8. The second-order valence-corrected chi connectivity index (χ2v) is 9.71. The number of amides is 2. The second-order valence-electron chi connectivity index (χ2n) is 9.71. The van der Waals surface area contributed by atoms with Gasteiger partial charge in [-0.05, 0) is 66.2 Å². The van der Waals surface area contributed by atoms with Crippen LogP contribution in [-0.4, -0.2) is 46.8 Å². The zero-order chi connectivity index (χ0) is 21.0. The van der Waals surface area contributed by atoms with Crippen LogP contribution in [0.4, 0.5) is 9.59 Å². The molecular formula is C19H36N4O4. The summed E-state index contributed by atoms with van der Waals surface area (Å²) in [4.78, 5) is 25.9. The third kappa shape index (κ3) is 8.60. The Morgan fingerprint density at radius 3 is 2.22 bits per heavy atom. The van der Waals surface area contributed by atoms with E-state index >= 15 is 0 Å². The molecular weight excluding hydrogens is 348 g/mol. The van der Waals surface area contributed by atoms with Crippen LogP contribution in [0.1, 0.15) is 74.1 Å². The van der Waals surface area contributed by atoms with Crippen LogP contribution < -0.4 is 11.1 Å². The summed E-state index contributed by atoms with van der Waals surface area (Å²) in [5, 5.41) is 10.6. The van der Waals surface area contributed by atoms with Gasteiger partial charge in [0.05, 0.1) is 0 Å². The molecule has 0 spiro atoms. The molecule has 2 atom stereocenters. The van der Waals surface area contributed by atoms with Crippen LogP contribution in [0, 0.1) is 10.8 Å². The van der Waals surface area contributed by atoms with E-state index in [9.17, 15) is 9.59 Å². The van der Waals surface area contributed by atoms with Gasteiger partial charge in [-0.15, -0.1) is 0 Å². The van der Waals surface area contributed by atoms with E-state index in [4.69, 9.17) is 20.6 Å². The fourth-order valence-electron chi connectivity index (χ4n) is 3.17. The molecule has 27 heavy (non-hydrogen) atoms. The van der Waals surface area contributed by atoms with E-state index in [2.05, 4.69) is 5.32 Å². The molecule has 8 heteroatoms. The van der Waals surface area contributed by atoms with Crippen molar-refractivity contribution in [2.75, 3.05) is 6.54 Å². The summed E-state index contributed by atoms with van der Waals surface area (Å²) in [6.07, 6.45) is 2.09. The number of alkyl carbamates (subject to hydrolysis) is 1. The average molecular weight is 385 g/mol.